The number of fused-ring (bicyclic) bond motifs is 3. The number of benzene rings is 2. The third kappa shape index (κ3) is 3.09. The lowest BCUT2D eigenvalue weighted by Gasteiger charge is -2.31. The third-order valence-electron chi connectivity index (χ3n) is 4.95. The maximum Gasteiger partial charge on any atom is 0.359 e. The van der Waals surface area contributed by atoms with Crippen LogP contribution in [0.25, 0.3) is 11.3 Å². The molecule has 0 spiro atoms. The van der Waals surface area contributed by atoms with Gasteiger partial charge in [-0.1, -0.05) is 35.9 Å². The van der Waals surface area contributed by atoms with Crippen molar-refractivity contribution in [1.29, 1.82) is 0 Å². The van der Waals surface area contributed by atoms with Crippen molar-refractivity contribution in [3.8, 4) is 11.3 Å². The molecule has 29 heavy (non-hydrogen) atoms. The number of aromatic nitrogens is 2. The summed E-state index contributed by atoms with van der Waals surface area (Å²) in [7, 11) is -2.10. The van der Waals surface area contributed by atoms with Gasteiger partial charge in [-0.25, -0.2) is 13.2 Å². The molecule has 8 heteroatoms. The molecule has 0 atom stereocenters. The van der Waals surface area contributed by atoms with Gasteiger partial charge in [0.05, 0.1) is 29.4 Å². The van der Waals surface area contributed by atoms with E-state index in [1.807, 2.05) is 19.1 Å². The molecule has 0 bridgehead atoms. The number of anilines is 1. The fraction of sp³-hybridized carbons (Fsp3) is 0.238. The lowest BCUT2D eigenvalue weighted by molar-refractivity contribution is 0.0517. The van der Waals surface area contributed by atoms with E-state index in [2.05, 4.69) is 5.10 Å². The number of nitrogens with zero attached hydrogens (tertiary/aromatic N) is 3. The molecule has 1 aromatic heterocycles. The minimum absolute atomic E-state index is 0.00451. The van der Waals surface area contributed by atoms with Crippen LogP contribution in [0.1, 0.15) is 28.5 Å². The second-order valence-corrected chi connectivity index (χ2v) is 8.72. The predicted octanol–water partition coefficient (Wildman–Crippen LogP) is 3.28. The quantitative estimate of drug-likeness (QED) is 0.616. The molecular formula is C21H21N3O4S. The van der Waals surface area contributed by atoms with Crippen molar-refractivity contribution < 1.29 is 17.9 Å². The summed E-state index contributed by atoms with van der Waals surface area (Å²) in [5.74, 6) is -0.559. The summed E-state index contributed by atoms with van der Waals surface area (Å²) in [6.07, 6.45) is 0. The number of rotatable bonds is 4. The Kier molecular flexibility index (Phi) is 4.66. The highest BCUT2D eigenvalue weighted by molar-refractivity contribution is 7.92. The highest BCUT2D eigenvalue weighted by Crippen LogP contribution is 2.42. The van der Waals surface area contributed by atoms with Crippen LogP contribution in [0.2, 0.25) is 0 Å². The molecule has 0 unspecified atom stereocenters. The van der Waals surface area contributed by atoms with Crippen molar-refractivity contribution >= 4 is 21.7 Å². The molecule has 0 saturated carbocycles. The van der Waals surface area contributed by atoms with Gasteiger partial charge >= 0.3 is 5.97 Å². The molecule has 0 amide bonds. The summed E-state index contributed by atoms with van der Waals surface area (Å²) in [6.45, 7) is 3.84. The van der Waals surface area contributed by atoms with Crippen molar-refractivity contribution in [1.82, 2.24) is 9.78 Å². The van der Waals surface area contributed by atoms with E-state index in [-0.39, 0.29) is 23.7 Å². The van der Waals surface area contributed by atoms with Gasteiger partial charge in [-0.15, -0.1) is 0 Å². The van der Waals surface area contributed by atoms with Crippen LogP contribution < -0.4 is 4.31 Å². The summed E-state index contributed by atoms with van der Waals surface area (Å²) in [5, 5.41) is 4.33. The molecule has 0 fully saturated rings. The molecule has 0 radical (unpaired) electrons. The Hall–Kier alpha value is -3.13. The first-order valence-electron chi connectivity index (χ1n) is 9.26. The zero-order valence-electron chi connectivity index (χ0n) is 16.4. The Morgan fingerprint density at radius 3 is 2.52 bits per heavy atom. The van der Waals surface area contributed by atoms with Gasteiger partial charge in [-0.2, -0.15) is 5.10 Å². The lowest BCUT2D eigenvalue weighted by Crippen LogP contribution is -2.33. The van der Waals surface area contributed by atoms with Crippen molar-refractivity contribution in [2.24, 2.45) is 7.05 Å². The molecule has 3 aromatic rings. The number of esters is 1. The SMILES string of the molecule is CCOC(=O)c1nn(C)c2c1CN(S(=O)(=O)c1ccc(C)cc1)c1ccccc1-2. The van der Waals surface area contributed by atoms with Gasteiger partial charge in [0.25, 0.3) is 10.0 Å². The van der Waals surface area contributed by atoms with Crippen molar-refractivity contribution in [3.05, 3.63) is 65.4 Å². The zero-order chi connectivity index (χ0) is 20.8. The summed E-state index contributed by atoms with van der Waals surface area (Å²) in [5.41, 5.74) is 3.64. The third-order valence-corrected chi connectivity index (χ3v) is 6.73. The second kappa shape index (κ2) is 7.04. The minimum atomic E-state index is -3.84. The van der Waals surface area contributed by atoms with Gasteiger partial charge in [0, 0.05) is 18.2 Å². The van der Waals surface area contributed by atoms with E-state index in [9.17, 15) is 13.2 Å². The van der Waals surface area contributed by atoms with Crippen molar-refractivity contribution in [2.45, 2.75) is 25.3 Å². The molecule has 2 aromatic carbocycles. The van der Waals surface area contributed by atoms with E-state index in [0.29, 0.717) is 16.8 Å². The van der Waals surface area contributed by atoms with Crippen LogP contribution in [0.4, 0.5) is 5.69 Å². The maximum absolute atomic E-state index is 13.5. The smallest absolute Gasteiger partial charge is 0.359 e. The fourth-order valence-electron chi connectivity index (χ4n) is 3.59. The second-order valence-electron chi connectivity index (χ2n) is 6.86. The predicted molar refractivity (Wildman–Crippen MR) is 109 cm³/mol. The van der Waals surface area contributed by atoms with E-state index >= 15 is 0 Å². The zero-order valence-corrected chi connectivity index (χ0v) is 17.2. The number of sulfonamides is 1. The highest BCUT2D eigenvalue weighted by atomic mass is 32.2. The number of para-hydroxylation sites is 1. The van der Waals surface area contributed by atoms with Crippen LogP contribution >= 0.6 is 0 Å². The van der Waals surface area contributed by atoms with Gasteiger partial charge in [0.2, 0.25) is 0 Å². The molecular weight excluding hydrogens is 390 g/mol. The fourth-order valence-corrected chi connectivity index (χ4v) is 5.04. The van der Waals surface area contributed by atoms with E-state index in [1.54, 1.807) is 55.1 Å². The molecule has 0 N–H and O–H groups in total. The van der Waals surface area contributed by atoms with Crippen LogP contribution in [0.5, 0.6) is 0 Å². The Labute approximate surface area is 169 Å². The standard InChI is InChI=1S/C21H21N3O4S/c1-4-28-21(25)19-17-13-24(29(26,27)15-11-9-14(2)10-12-15)18-8-6-5-7-16(18)20(17)23(3)22-19/h5-12H,4,13H2,1-3H3. The molecule has 7 nitrogen and oxygen atoms in total. The Morgan fingerprint density at radius 1 is 1.14 bits per heavy atom. The minimum Gasteiger partial charge on any atom is -0.461 e. The summed E-state index contributed by atoms with van der Waals surface area (Å²) in [4.78, 5) is 12.6. The first kappa shape index (κ1) is 19.2. The van der Waals surface area contributed by atoms with Crippen LogP contribution in [0, 0.1) is 6.92 Å². The van der Waals surface area contributed by atoms with Gasteiger partial charge in [-0.05, 0) is 32.0 Å². The average molecular weight is 411 g/mol. The molecule has 150 valence electrons. The van der Waals surface area contributed by atoms with E-state index in [4.69, 9.17) is 4.74 Å². The van der Waals surface area contributed by atoms with Crippen LogP contribution in [-0.2, 0) is 28.4 Å². The monoisotopic (exact) mass is 411 g/mol. The van der Waals surface area contributed by atoms with E-state index in [1.165, 1.54) is 4.31 Å². The van der Waals surface area contributed by atoms with Crippen LogP contribution in [0.3, 0.4) is 0 Å². The Balaban J connectivity index is 1.90. The van der Waals surface area contributed by atoms with Crippen molar-refractivity contribution in [3.63, 3.8) is 0 Å². The largest absolute Gasteiger partial charge is 0.461 e. The van der Waals surface area contributed by atoms with Crippen LogP contribution in [-0.4, -0.2) is 30.8 Å². The summed E-state index contributed by atoms with van der Waals surface area (Å²) < 4.78 is 35.0. The molecule has 2 heterocycles. The van der Waals surface area contributed by atoms with E-state index < -0.39 is 16.0 Å². The van der Waals surface area contributed by atoms with Crippen LogP contribution in [0.15, 0.2) is 53.4 Å². The number of aryl methyl sites for hydroxylation is 2. The van der Waals surface area contributed by atoms with E-state index in [0.717, 1.165) is 11.3 Å². The lowest BCUT2D eigenvalue weighted by atomic mass is 10.00. The Bertz CT molecular complexity index is 1200. The number of hydrogen-bond donors (Lipinski definition) is 0. The molecule has 4 rings (SSSR count). The summed E-state index contributed by atoms with van der Waals surface area (Å²) >= 11 is 0. The average Bonchev–Trinajstić information content (AvgIpc) is 3.05. The Morgan fingerprint density at radius 2 is 1.83 bits per heavy atom. The van der Waals surface area contributed by atoms with Gasteiger partial charge in [0.1, 0.15) is 0 Å². The molecule has 1 aliphatic rings. The molecule has 1 aliphatic heterocycles. The first-order chi connectivity index (χ1) is 13.8. The number of carbonyl (C=O) groups excluding carboxylic acids is 1. The van der Waals surface area contributed by atoms with Gasteiger partial charge < -0.3 is 4.74 Å². The summed E-state index contributed by atoms with van der Waals surface area (Å²) in [6, 6.07) is 14.0. The van der Waals surface area contributed by atoms with Crippen molar-refractivity contribution in [2.75, 3.05) is 10.9 Å². The number of ether oxygens (including phenoxy) is 1. The molecule has 0 aliphatic carbocycles. The highest BCUT2D eigenvalue weighted by Gasteiger charge is 2.36. The van der Waals surface area contributed by atoms with Gasteiger partial charge in [-0.3, -0.25) is 8.99 Å². The number of hydrogen-bond acceptors (Lipinski definition) is 5. The maximum atomic E-state index is 13.5. The number of carbonyl (C=O) groups is 1. The normalized spacial score (nSPS) is 13.0. The molecule has 0 saturated heterocycles. The first-order valence-corrected chi connectivity index (χ1v) is 10.7. The van der Waals surface area contributed by atoms with Gasteiger partial charge in [0.15, 0.2) is 5.69 Å². The topological polar surface area (TPSA) is 81.5 Å².